The van der Waals surface area contributed by atoms with Crippen LogP contribution in [-0.2, 0) is 4.79 Å². The molecule has 0 aliphatic carbocycles. The molecule has 0 aliphatic heterocycles. The minimum absolute atomic E-state index is 0.0921. The van der Waals surface area contributed by atoms with Crippen LogP contribution in [0, 0.1) is 12.3 Å². The van der Waals surface area contributed by atoms with Gasteiger partial charge in [0.2, 0.25) is 5.91 Å². The summed E-state index contributed by atoms with van der Waals surface area (Å²) in [6.07, 6.45) is 6.59. The van der Waals surface area contributed by atoms with Gasteiger partial charge in [0.25, 0.3) is 0 Å². The SMILES string of the molecule is C#CC(C)NCCCC(=O)N(C)C. The molecule has 3 nitrogen and oxygen atoms in total. The molecule has 0 aromatic heterocycles. The maximum atomic E-state index is 11.1. The maximum Gasteiger partial charge on any atom is 0.222 e. The predicted molar refractivity (Wildman–Crippen MR) is 54.2 cm³/mol. The number of hydrogen-bond acceptors (Lipinski definition) is 2. The highest BCUT2D eigenvalue weighted by atomic mass is 16.2. The number of terminal acetylenes is 1. The molecule has 0 saturated carbocycles. The maximum absolute atomic E-state index is 11.1. The highest BCUT2D eigenvalue weighted by Crippen LogP contribution is 1.92. The molecule has 0 aliphatic rings. The number of rotatable bonds is 5. The summed E-state index contributed by atoms with van der Waals surface area (Å²) >= 11 is 0. The monoisotopic (exact) mass is 182 g/mol. The van der Waals surface area contributed by atoms with E-state index in [4.69, 9.17) is 6.42 Å². The molecule has 1 N–H and O–H groups in total. The van der Waals surface area contributed by atoms with Gasteiger partial charge in [-0.3, -0.25) is 4.79 Å². The molecule has 1 atom stereocenters. The second-order valence-electron chi connectivity index (χ2n) is 3.23. The summed E-state index contributed by atoms with van der Waals surface area (Å²) in [6, 6.07) is 0.0921. The Morgan fingerprint density at radius 3 is 2.69 bits per heavy atom. The number of carbonyl (C=O) groups is 1. The highest BCUT2D eigenvalue weighted by molar-refractivity contribution is 5.75. The fourth-order valence-electron chi connectivity index (χ4n) is 0.841. The van der Waals surface area contributed by atoms with Crippen molar-refractivity contribution in [3.05, 3.63) is 0 Å². The van der Waals surface area contributed by atoms with Gasteiger partial charge in [0.15, 0.2) is 0 Å². The number of hydrogen-bond donors (Lipinski definition) is 1. The van der Waals surface area contributed by atoms with E-state index in [0.717, 1.165) is 13.0 Å². The van der Waals surface area contributed by atoms with Gasteiger partial charge in [-0.25, -0.2) is 0 Å². The lowest BCUT2D eigenvalue weighted by Gasteiger charge is -2.10. The standard InChI is InChI=1S/C10H18N2O/c1-5-9(2)11-8-6-7-10(13)12(3)4/h1,9,11H,6-8H2,2-4H3. The summed E-state index contributed by atoms with van der Waals surface area (Å²) in [5.74, 6) is 2.73. The van der Waals surface area contributed by atoms with Crippen molar-refractivity contribution < 1.29 is 4.79 Å². The van der Waals surface area contributed by atoms with Crippen molar-refractivity contribution in [2.24, 2.45) is 0 Å². The number of amides is 1. The van der Waals surface area contributed by atoms with Crippen LogP contribution in [0.4, 0.5) is 0 Å². The first-order valence-corrected chi connectivity index (χ1v) is 4.47. The van der Waals surface area contributed by atoms with Crippen molar-refractivity contribution in [2.45, 2.75) is 25.8 Å². The molecule has 0 heterocycles. The normalized spacial score (nSPS) is 11.8. The summed E-state index contributed by atoms with van der Waals surface area (Å²) < 4.78 is 0. The summed E-state index contributed by atoms with van der Waals surface area (Å²) in [4.78, 5) is 12.7. The molecule has 0 rings (SSSR count). The number of nitrogens with one attached hydrogen (secondary N) is 1. The van der Waals surface area contributed by atoms with E-state index >= 15 is 0 Å². The zero-order chi connectivity index (χ0) is 10.3. The number of carbonyl (C=O) groups excluding carboxylic acids is 1. The first-order valence-electron chi connectivity index (χ1n) is 4.47. The van der Waals surface area contributed by atoms with Crippen LogP contribution in [0.2, 0.25) is 0 Å². The van der Waals surface area contributed by atoms with E-state index in [1.54, 1.807) is 19.0 Å². The lowest BCUT2D eigenvalue weighted by molar-refractivity contribution is -0.128. The van der Waals surface area contributed by atoms with Crippen LogP contribution in [0.5, 0.6) is 0 Å². The molecule has 0 bridgehead atoms. The Labute approximate surface area is 80.5 Å². The van der Waals surface area contributed by atoms with Crippen LogP contribution in [0.15, 0.2) is 0 Å². The molecule has 0 fully saturated rings. The second-order valence-corrected chi connectivity index (χ2v) is 3.23. The van der Waals surface area contributed by atoms with E-state index in [1.807, 2.05) is 6.92 Å². The quantitative estimate of drug-likeness (QED) is 0.495. The lowest BCUT2D eigenvalue weighted by Crippen LogP contribution is -2.27. The molecule has 1 unspecified atom stereocenters. The molecule has 74 valence electrons. The number of nitrogens with zero attached hydrogens (tertiary/aromatic N) is 1. The molecule has 0 saturated heterocycles. The van der Waals surface area contributed by atoms with Gasteiger partial charge in [-0.05, 0) is 19.9 Å². The Morgan fingerprint density at radius 2 is 2.23 bits per heavy atom. The Kier molecular flexibility index (Phi) is 5.99. The minimum atomic E-state index is 0.0921. The van der Waals surface area contributed by atoms with Crippen molar-refractivity contribution in [1.82, 2.24) is 10.2 Å². The Bertz CT molecular complexity index is 194. The van der Waals surface area contributed by atoms with Gasteiger partial charge in [0.1, 0.15) is 0 Å². The lowest BCUT2D eigenvalue weighted by atomic mass is 10.2. The van der Waals surface area contributed by atoms with Crippen molar-refractivity contribution >= 4 is 5.91 Å². The summed E-state index contributed by atoms with van der Waals surface area (Å²) in [5, 5.41) is 3.12. The average molecular weight is 182 g/mol. The third-order valence-corrected chi connectivity index (χ3v) is 1.77. The van der Waals surface area contributed by atoms with E-state index < -0.39 is 0 Å². The van der Waals surface area contributed by atoms with Crippen molar-refractivity contribution in [3.63, 3.8) is 0 Å². The largest absolute Gasteiger partial charge is 0.349 e. The first kappa shape index (κ1) is 12.0. The molecule has 13 heavy (non-hydrogen) atoms. The zero-order valence-electron chi connectivity index (χ0n) is 8.63. The molecule has 3 heteroatoms. The minimum Gasteiger partial charge on any atom is -0.349 e. The van der Waals surface area contributed by atoms with Crippen molar-refractivity contribution in [2.75, 3.05) is 20.6 Å². The Morgan fingerprint density at radius 1 is 1.62 bits per heavy atom. The molecule has 0 aromatic rings. The molecule has 1 amide bonds. The summed E-state index contributed by atoms with van der Waals surface area (Å²) in [5.41, 5.74) is 0. The van der Waals surface area contributed by atoms with Crippen LogP contribution in [0.3, 0.4) is 0 Å². The molecule has 0 radical (unpaired) electrons. The van der Waals surface area contributed by atoms with Crippen LogP contribution < -0.4 is 5.32 Å². The molecule has 0 spiro atoms. The van der Waals surface area contributed by atoms with E-state index in [9.17, 15) is 4.79 Å². The van der Waals surface area contributed by atoms with Gasteiger partial charge in [0.05, 0.1) is 6.04 Å². The van der Waals surface area contributed by atoms with E-state index in [0.29, 0.717) is 6.42 Å². The van der Waals surface area contributed by atoms with E-state index in [-0.39, 0.29) is 11.9 Å². The van der Waals surface area contributed by atoms with Gasteiger partial charge in [0, 0.05) is 20.5 Å². The second kappa shape index (κ2) is 6.50. The van der Waals surface area contributed by atoms with Crippen molar-refractivity contribution in [3.8, 4) is 12.3 Å². The van der Waals surface area contributed by atoms with Gasteiger partial charge in [-0.15, -0.1) is 6.42 Å². The summed E-state index contributed by atoms with van der Waals surface area (Å²) in [7, 11) is 3.53. The fourth-order valence-corrected chi connectivity index (χ4v) is 0.841. The Balaban J connectivity index is 3.37. The van der Waals surface area contributed by atoms with Crippen LogP contribution in [-0.4, -0.2) is 37.5 Å². The van der Waals surface area contributed by atoms with Crippen LogP contribution in [0.25, 0.3) is 0 Å². The molecular formula is C10H18N2O. The predicted octanol–water partition coefficient (Wildman–Crippen LogP) is 0.466. The third kappa shape index (κ3) is 6.18. The Hall–Kier alpha value is -1.01. The zero-order valence-corrected chi connectivity index (χ0v) is 8.63. The summed E-state index contributed by atoms with van der Waals surface area (Å²) in [6.45, 7) is 2.72. The van der Waals surface area contributed by atoms with Gasteiger partial charge < -0.3 is 10.2 Å². The van der Waals surface area contributed by atoms with Crippen LogP contribution >= 0.6 is 0 Å². The van der Waals surface area contributed by atoms with Gasteiger partial charge in [-0.2, -0.15) is 0 Å². The highest BCUT2D eigenvalue weighted by Gasteiger charge is 2.02. The molecule has 0 aromatic carbocycles. The smallest absolute Gasteiger partial charge is 0.222 e. The van der Waals surface area contributed by atoms with Crippen molar-refractivity contribution in [1.29, 1.82) is 0 Å². The third-order valence-electron chi connectivity index (χ3n) is 1.77. The fraction of sp³-hybridized carbons (Fsp3) is 0.700. The van der Waals surface area contributed by atoms with E-state index in [2.05, 4.69) is 11.2 Å². The molecular weight excluding hydrogens is 164 g/mol. The van der Waals surface area contributed by atoms with E-state index in [1.165, 1.54) is 0 Å². The first-order chi connectivity index (χ1) is 6.07. The van der Waals surface area contributed by atoms with Gasteiger partial charge >= 0.3 is 0 Å². The van der Waals surface area contributed by atoms with Crippen LogP contribution in [0.1, 0.15) is 19.8 Å². The van der Waals surface area contributed by atoms with Gasteiger partial charge in [-0.1, -0.05) is 5.92 Å². The topological polar surface area (TPSA) is 32.3 Å². The average Bonchev–Trinajstić information content (AvgIpc) is 2.11.